The second-order valence-electron chi connectivity index (χ2n) is 11.5. The summed E-state index contributed by atoms with van der Waals surface area (Å²) in [6.07, 6.45) is 12.9. The number of esters is 4. The van der Waals surface area contributed by atoms with Gasteiger partial charge < -0.3 is 35.3 Å². The topological polar surface area (TPSA) is 213 Å². The Kier molecular flexibility index (Phi) is 28.7. The van der Waals surface area contributed by atoms with E-state index < -0.39 is 63.7 Å². The molecule has 0 aromatic rings. The average molecular weight is 697 g/mol. The maximum atomic E-state index is 12.6. The van der Waals surface area contributed by atoms with Crippen LogP contribution in [-0.4, -0.2) is 80.5 Å². The molecule has 2 unspecified atom stereocenters. The van der Waals surface area contributed by atoms with Crippen LogP contribution in [0, 0.1) is 0 Å². The summed E-state index contributed by atoms with van der Waals surface area (Å²) in [5, 5.41) is 0. The maximum absolute atomic E-state index is 12.6. The van der Waals surface area contributed by atoms with Crippen LogP contribution in [0.15, 0.2) is 0 Å². The van der Waals surface area contributed by atoms with Gasteiger partial charge in [0.2, 0.25) is 0 Å². The molecule has 0 aliphatic rings. The molecule has 0 aromatic heterocycles. The molecule has 0 bridgehead atoms. The molecule has 0 saturated heterocycles. The highest BCUT2D eigenvalue weighted by molar-refractivity contribution is 7.47. The average Bonchev–Trinajstić information content (AvgIpc) is 3.02. The Bertz CT molecular complexity index is 892. The van der Waals surface area contributed by atoms with Crippen molar-refractivity contribution in [3.05, 3.63) is 0 Å². The lowest BCUT2D eigenvalue weighted by Crippen LogP contribution is -2.30. The molecule has 14 nitrogen and oxygen atoms in total. The minimum atomic E-state index is -4.76. The molecule has 276 valence electrons. The van der Waals surface area contributed by atoms with E-state index in [1.165, 1.54) is 44.9 Å². The number of carbonyl (C=O) groups is 4. The van der Waals surface area contributed by atoms with E-state index in [0.717, 1.165) is 26.2 Å². The van der Waals surface area contributed by atoms with Crippen molar-refractivity contribution < 1.29 is 56.6 Å². The van der Waals surface area contributed by atoms with Gasteiger partial charge in [0.25, 0.3) is 0 Å². The first-order valence-electron chi connectivity index (χ1n) is 17.2. The number of nitrogens with two attached hydrogens (primary N) is 2. The number of phosphoric acid groups is 1. The second-order valence-corrected chi connectivity index (χ2v) is 13.0. The molecule has 0 heterocycles. The molecule has 47 heavy (non-hydrogen) atoms. The Balaban J connectivity index is 4.66. The van der Waals surface area contributed by atoms with Crippen molar-refractivity contribution in [1.29, 1.82) is 0 Å². The zero-order valence-electron chi connectivity index (χ0n) is 28.7. The predicted molar refractivity (Wildman–Crippen MR) is 176 cm³/mol. The fraction of sp³-hybridized carbons (Fsp3) is 0.875. The van der Waals surface area contributed by atoms with Crippen LogP contribution in [0.1, 0.15) is 129 Å². The number of phosphoric ester groups is 1. The molecule has 5 N–H and O–H groups in total. The van der Waals surface area contributed by atoms with Gasteiger partial charge in [0.05, 0.1) is 13.2 Å². The highest BCUT2D eigenvalue weighted by Gasteiger charge is 2.28. The van der Waals surface area contributed by atoms with E-state index in [4.69, 9.17) is 39.5 Å². The lowest BCUT2D eigenvalue weighted by molar-refractivity contribution is -0.161. The number of hydrogen-bond donors (Lipinski definition) is 3. The number of carbonyl (C=O) groups excluding carboxylic acids is 4. The van der Waals surface area contributed by atoms with Gasteiger partial charge in [-0.3, -0.25) is 28.2 Å². The molecule has 0 aliphatic heterocycles. The molecule has 0 aromatic carbocycles. The van der Waals surface area contributed by atoms with Crippen molar-refractivity contribution in [2.75, 3.05) is 39.5 Å². The molecule has 0 spiro atoms. The van der Waals surface area contributed by atoms with Crippen molar-refractivity contribution in [2.24, 2.45) is 11.5 Å². The van der Waals surface area contributed by atoms with Crippen molar-refractivity contribution >= 4 is 31.7 Å². The van der Waals surface area contributed by atoms with E-state index >= 15 is 0 Å². The van der Waals surface area contributed by atoms with Crippen molar-refractivity contribution in [3.8, 4) is 0 Å². The summed E-state index contributed by atoms with van der Waals surface area (Å²) in [5.41, 5.74) is 10.9. The lowest BCUT2D eigenvalue weighted by Gasteiger charge is -2.21. The van der Waals surface area contributed by atoms with Crippen molar-refractivity contribution in [1.82, 2.24) is 0 Å². The maximum Gasteiger partial charge on any atom is 0.472 e. The van der Waals surface area contributed by atoms with E-state index in [9.17, 15) is 28.6 Å². The van der Waals surface area contributed by atoms with E-state index in [2.05, 4.69) is 6.92 Å². The Morgan fingerprint density at radius 1 is 0.574 bits per heavy atom. The van der Waals surface area contributed by atoms with Gasteiger partial charge >= 0.3 is 31.7 Å². The summed E-state index contributed by atoms with van der Waals surface area (Å²) in [7, 11) is -4.76. The highest BCUT2D eigenvalue weighted by Crippen LogP contribution is 2.43. The summed E-state index contributed by atoms with van der Waals surface area (Å²) in [6, 6.07) is 0. The van der Waals surface area contributed by atoms with Crippen LogP contribution in [0.3, 0.4) is 0 Å². The van der Waals surface area contributed by atoms with E-state index in [1.807, 2.05) is 0 Å². The fourth-order valence-corrected chi connectivity index (χ4v) is 5.16. The summed E-state index contributed by atoms with van der Waals surface area (Å²) < 4.78 is 43.2. The highest BCUT2D eigenvalue weighted by atomic mass is 31.2. The third-order valence-corrected chi connectivity index (χ3v) is 7.94. The largest absolute Gasteiger partial charge is 0.472 e. The Morgan fingerprint density at radius 2 is 0.957 bits per heavy atom. The third-order valence-electron chi connectivity index (χ3n) is 6.99. The molecule has 0 rings (SSSR count). The predicted octanol–water partition coefficient (Wildman–Crippen LogP) is 5.01. The van der Waals surface area contributed by atoms with Gasteiger partial charge in [-0.2, -0.15) is 0 Å². The molecular formula is C32H61N2O12P. The SMILES string of the molecule is CCCCCCCCCCCCCC(=O)OC[C@H](COP(=O)(O)OCC(COC(=O)CCCCN)OC(=O)CCCCN)OC(C)=O. The van der Waals surface area contributed by atoms with Crippen molar-refractivity contribution in [2.45, 2.75) is 142 Å². The first-order chi connectivity index (χ1) is 22.5. The van der Waals surface area contributed by atoms with Gasteiger partial charge in [0, 0.05) is 26.2 Å². The van der Waals surface area contributed by atoms with E-state index in [0.29, 0.717) is 45.2 Å². The van der Waals surface area contributed by atoms with Gasteiger partial charge in [-0.05, 0) is 45.2 Å². The fourth-order valence-electron chi connectivity index (χ4n) is 4.38. The minimum absolute atomic E-state index is 0.0491. The normalized spacial score (nSPS) is 13.7. The van der Waals surface area contributed by atoms with Gasteiger partial charge in [-0.15, -0.1) is 0 Å². The number of unbranched alkanes of at least 4 members (excludes halogenated alkanes) is 12. The second kappa shape index (κ2) is 30.0. The lowest BCUT2D eigenvalue weighted by atomic mass is 10.1. The molecule has 15 heteroatoms. The summed E-state index contributed by atoms with van der Waals surface area (Å²) in [4.78, 5) is 58.1. The van der Waals surface area contributed by atoms with Crippen LogP contribution in [0.25, 0.3) is 0 Å². The Hall–Kier alpha value is -2.09. The smallest absolute Gasteiger partial charge is 0.462 e. The number of ether oxygens (including phenoxy) is 4. The zero-order chi connectivity index (χ0) is 35.2. The molecule has 0 aliphatic carbocycles. The van der Waals surface area contributed by atoms with Crippen LogP contribution < -0.4 is 11.5 Å². The van der Waals surface area contributed by atoms with E-state index in [-0.39, 0.29) is 25.9 Å². The summed E-state index contributed by atoms with van der Waals surface area (Å²) in [5.74, 6) is -2.35. The zero-order valence-corrected chi connectivity index (χ0v) is 29.6. The molecule has 3 atom stereocenters. The first kappa shape index (κ1) is 44.9. The minimum Gasteiger partial charge on any atom is -0.462 e. The quantitative estimate of drug-likeness (QED) is 0.0365. The molecular weight excluding hydrogens is 635 g/mol. The Labute approximate surface area is 280 Å². The third kappa shape index (κ3) is 29.8. The van der Waals surface area contributed by atoms with Gasteiger partial charge in [0.1, 0.15) is 13.2 Å². The standard InChI is InChI=1S/C32H61N2O12P/c1-3-4-5-6-7-8-9-10-11-12-13-18-30(36)41-23-28(45-27(2)35)25-43-47(39,40)44-26-29(46-32(38)20-15-17-22-34)24-42-31(37)19-14-16-21-33/h28-29H,3-26,33-34H2,1-2H3,(H,39,40)/t28-,29?/m1/s1. The number of hydrogen-bond acceptors (Lipinski definition) is 13. The van der Waals surface area contributed by atoms with Crippen LogP contribution >= 0.6 is 7.82 Å². The summed E-state index contributed by atoms with van der Waals surface area (Å²) >= 11 is 0. The first-order valence-corrected chi connectivity index (χ1v) is 18.7. The monoisotopic (exact) mass is 696 g/mol. The van der Waals surface area contributed by atoms with Gasteiger partial charge in [0.15, 0.2) is 12.2 Å². The van der Waals surface area contributed by atoms with Crippen LogP contribution in [0.4, 0.5) is 0 Å². The molecule has 0 fully saturated rings. The molecule has 0 radical (unpaired) electrons. The van der Waals surface area contributed by atoms with Gasteiger partial charge in [-0.25, -0.2) is 4.57 Å². The molecule has 0 saturated carbocycles. The number of rotatable bonds is 32. The van der Waals surface area contributed by atoms with Crippen LogP contribution in [0.5, 0.6) is 0 Å². The van der Waals surface area contributed by atoms with Gasteiger partial charge in [-0.1, -0.05) is 71.1 Å². The van der Waals surface area contributed by atoms with Crippen LogP contribution in [0.2, 0.25) is 0 Å². The van der Waals surface area contributed by atoms with Crippen molar-refractivity contribution in [3.63, 3.8) is 0 Å². The van der Waals surface area contributed by atoms with E-state index in [1.54, 1.807) is 0 Å². The Morgan fingerprint density at radius 3 is 1.38 bits per heavy atom. The molecule has 0 amide bonds. The summed E-state index contributed by atoms with van der Waals surface area (Å²) in [6.45, 7) is 2.15. The van der Waals surface area contributed by atoms with Crippen LogP contribution in [-0.2, 0) is 51.7 Å².